The molecule has 2 aliphatic rings. The molecule has 6 heteroatoms. The molecule has 2 fully saturated rings. The number of benzene rings is 1. The molecule has 144 valence electrons. The van der Waals surface area contributed by atoms with Crippen molar-refractivity contribution in [3.8, 4) is 11.5 Å². The summed E-state index contributed by atoms with van der Waals surface area (Å²) in [5.41, 5.74) is 0.649. The molecular weight excluding hydrogens is 350 g/mol. The van der Waals surface area contributed by atoms with Crippen molar-refractivity contribution >= 4 is 18.5 Å². The van der Waals surface area contributed by atoms with Crippen LogP contribution in [0.1, 0.15) is 38.2 Å². The summed E-state index contributed by atoms with van der Waals surface area (Å²) in [7, 11) is 1.64. The highest BCUT2D eigenvalue weighted by Gasteiger charge is 2.48. The van der Waals surface area contributed by atoms with Crippen molar-refractivity contribution < 1.29 is 19.4 Å². The predicted octanol–water partition coefficient (Wildman–Crippen LogP) is 2.73. The summed E-state index contributed by atoms with van der Waals surface area (Å²) in [5.74, 6) is 2.32. The number of hydrogen-bond donors (Lipinski definition) is 2. The fraction of sp³-hybridized carbons (Fsp3) is 0.650. The van der Waals surface area contributed by atoms with E-state index in [4.69, 9.17) is 9.47 Å². The maximum atomic E-state index is 12.2. The number of rotatable bonds is 7. The molecule has 1 saturated carbocycles. The van der Waals surface area contributed by atoms with Gasteiger partial charge < -0.3 is 19.5 Å². The molecule has 5 nitrogen and oxygen atoms in total. The highest BCUT2D eigenvalue weighted by molar-refractivity contribution is 7.81. The molecule has 1 aromatic rings. The van der Waals surface area contributed by atoms with Gasteiger partial charge in [0.2, 0.25) is 5.91 Å². The summed E-state index contributed by atoms with van der Waals surface area (Å²) in [6, 6.07) is 5.95. The van der Waals surface area contributed by atoms with E-state index in [1.54, 1.807) is 18.9 Å². The van der Waals surface area contributed by atoms with Crippen LogP contribution < -0.4 is 9.47 Å². The highest BCUT2D eigenvalue weighted by atomic mass is 32.1. The van der Waals surface area contributed by atoms with E-state index >= 15 is 0 Å². The second-order valence-corrected chi connectivity index (χ2v) is 8.15. The van der Waals surface area contributed by atoms with Gasteiger partial charge in [-0.25, -0.2) is 0 Å². The number of thiol groups is 1. The van der Waals surface area contributed by atoms with Crippen molar-refractivity contribution in [2.45, 2.75) is 38.7 Å². The van der Waals surface area contributed by atoms with Crippen molar-refractivity contribution in [1.82, 2.24) is 4.90 Å². The van der Waals surface area contributed by atoms with E-state index in [0.717, 1.165) is 17.1 Å². The van der Waals surface area contributed by atoms with E-state index in [-0.39, 0.29) is 17.6 Å². The van der Waals surface area contributed by atoms with Gasteiger partial charge >= 0.3 is 0 Å². The number of nitrogens with zero attached hydrogens (tertiary/aromatic N) is 1. The van der Waals surface area contributed by atoms with Gasteiger partial charge in [-0.15, -0.1) is 0 Å². The van der Waals surface area contributed by atoms with Gasteiger partial charge in [0.15, 0.2) is 11.5 Å². The Balaban J connectivity index is 1.89. The topological polar surface area (TPSA) is 59.0 Å². The number of methoxy groups -OCH3 is 1. The van der Waals surface area contributed by atoms with Crippen LogP contribution in [-0.2, 0) is 4.79 Å². The van der Waals surface area contributed by atoms with Crippen molar-refractivity contribution in [1.29, 1.82) is 0 Å². The Morgan fingerprint density at radius 1 is 1.42 bits per heavy atom. The molecule has 1 aromatic carbocycles. The zero-order valence-corrected chi connectivity index (χ0v) is 16.7. The smallest absolute Gasteiger partial charge is 0.232 e. The van der Waals surface area contributed by atoms with Crippen molar-refractivity contribution in [2.24, 2.45) is 11.3 Å². The standard InChI is InChI=1S/C20H29NO4S/c1-13(22)20(2)12-21(19(23)11-26)9-16(20)15-6-7-17(24-3)18(8-15)25-10-14-4-5-14/h6-8,13-14,16,22,26H,4-5,9-12H2,1-3H3/t13-,16+,20+/m1/s1. The van der Waals surface area contributed by atoms with E-state index in [1.165, 1.54) is 12.8 Å². The van der Waals surface area contributed by atoms with Gasteiger partial charge in [0.25, 0.3) is 0 Å². The molecule has 1 N–H and O–H groups in total. The number of hydrogen-bond acceptors (Lipinski definition) is 5. The third-order valence-corrected chi connectivity index (χ3v) is 6.20. The van der Waals surface area contributed by atoms with Gasteiger partial charge in [0.1, 0.15) is 0 Å². The van der Waals surface area contributed by atoms with Crippen LogP contribution in [0.4, 0.5) is 0 Å². The largest absolute Gasteiger partial charge is 0.493 e. The maximum absolute atomic E-state index is 12.2. The minimum Gasteiger partial charge on any atom is -0.493 e. The molecule has 1 aliphatic heterocycles. The molecule has 0 unspecified atom stereocenters. The Bertz CT molecular complexity index is 661. The molecule has 26 heavy (non-hydrogen) atoms. The summed E-state index contributed by atoms with van der Waals surface area (Å²) in [4.78, 5) is 14.0. The molecule has 0 aromatic heterocycles. The zero-order chi connectivity index (χ0) is 18.9. The average Bonchev–Trinajstić information content (AvgIpc) is 3.40. The monoisotopic (exact) mass is 379 g/mol. The van der Waals surface area contributed by atoms with Crippen LogP contribution in [0.2, 0.25) is 0 Å². The molecule has 0 bridgehead atoms. The first-order chi connectivity index (χ1) is 12.4. The Labute approximate surface area is 161 Å². The molecule has 1 aliphatic carbocycles. The highest BCUT2D eigenvalue weighted by Crippen LogP contribution is 2.47. The second kappa shape index (κ2) is 7.69. The first kappa shape index (κ1) is 19.4. The fourth-order valence-electron chi connectivity index (χ4n) is 3.73. The second-order valence-electron chi connectivity index (χ2n) is 7.83. The molecule has 0 spiro atoms. The first-order valence-electron chi connectivity index (χ1n) is 9.26. The summed E-state index contributed by atoms with van der Waals surface area (Å²) in [6.07, 6.45) is 1.92. The minimum atomic E-state index is -0.539. The Kier molecular flexibility index (Phi) is 5.72. The third kappa shape index (κ3) is 3.81. The normalized spacial score (nSPS) is 26.7. The fourth-order valence-corrected chi connectivity index (χ4v) is 3.93. The van der Waals surface area contributed by atoms with Crippen molar-refractivity contribution in [3.05, 3.63) is 23.8 Å². The van der Waals surface area contributed by atoms with E-state index in [1.807, 2.05) is 25.1 Å². The number of likely N-dealkylation sites (tertiary alicyclic amines) is 1. The first-order valence-corrected chi connectivity index (χ1v) is 9.89. The lowest BCUT2D eigenvalue weighted by molar-refractivity contribution is -0.127. The summed E-state index contributed by atoms with van der Waals surface area (Å²) < 4.78 is 11.4. The molecule has 1 heterocycles. The van der Waals surface area contributed by atoms with Gasteiger partial charge in [-0.05, 0) is 43.4 Å². The van der Waals surface area contributed by atoms with Gasteiger partial charge in [0.05, 0.1) is 25.6 Å². The third-order valence-electron chi connectivity index (χ3n) is 5.93. The zero-order valence-electron chi connectivity index (χ0n) is 15.8. The Morgan fingerprint density at radius 2 is 2.15 bits per heavy atom. The van der Waals surface area contributed by atoms with E-state index < -0.39 is 11.5 Å². The van der Waals surface area contributed by atoms with Gasteiger partial charge in [0, 0.05) is 24.4 Å². The molecule has 1 saturated heterocycles. The van der Waals surface area contributed by atoms with Crippen LogP contribution in [0.5, 0.6) is 11.5 Å². The van der Waals surface area contributed by atoms with E-state index in [0.29, 0.717) is 25.6 Å². The van der Waals surface area contributed by atoms with Crippen LogP contribution in [0.25, 0.3) is 0 Å². The number of carbonyl (C=O) groups excluding carboxylic acids is 1. The van der Waals surface area contributed by atoms with Crippen molar-refractivity contribution in [2.75, 3.05) is 32.6 Å². The van der Waals surface area contributed by atoms with Gasteiger partial charge in [-0.2, -0.15) is 12.6 Å². The van der Waals surface area contributed by atoms with E-state index in [9.17, 15) is 9.90 Å². The van der Waals surface area contributed by atoms with Crippen LogP contribution in [0.15, 0.2) is 18.2 Å². The molecular formula is C20H29NO4S. The maximum Gasteiger partial charge on any atom is 0.232 e. The molecule has 0 radical (unpaired) electrons. The van der Waals surface area contributed by atoms with Crippen LogP contribution in [-0.4, -0.2) is 54.6 Å². The Morgan fingerprint density at radius 3 is 2.73 bits per heavy atom. The molecule has 1 amide bonds. The van der Waals surface area contributed by atoms with Crippen molar-refractivity contribution in [3.63, 3.8) is 0 Å². The number of ether oxygens (including phenoxy) is 2. The molecule has 3 rings (SSSR count). The summed E-state index contributed by atoms with van der Waals surface area (Å²) in [6.45, 7) is 5.66. The lowest BCUT2D eigenvalue weighted by Gasteiger charge is -2.33. The van der Waals surface area contributed by atoms with Crippen LogP contribution >= 0.6 is 12.6 Å². The number of amides is 1. The van der Waals surface area contributed by atoms with Gasteiger partial charge in [-0.3, -0.25) is 4.79 Å². The summed E-state index contributed by atoms with van der Waals surface area (Å²) in [5, 5.41) is 10.5. The number of aliphatic hydroxyl groups is 1. The van der Waals surface area contributed by atoms with Crippen LogP contribution in [0.3, 0.4) is 0 Å². The van der Waals surface area contributed by atoms with Gasteiger partial charge in [-0.1, -0.05) is 13.0 Å². The number of carbonyl (C=O) groups is 1. The predicted molar refractivity (Wildman–Crippen MR) is 104 cm³/mol. The molecule has 3 atom stereocenters. The average molecular weight is 380 g/mol. The summed E-state index contributed by atoms with van der Waals surface area (Å²) >= 11 is 4.12. The van der Waals surface area contributed by atoms with Crippen LogP contribution in [0, 0.1) is 11.3 Å². The lowest BCUT2D eigenvalue weighted by atomic mass is 9.72. The lowest BCUT2D eigenvalue weighted by Crippen LogP contribution is -2.38. The SMILES string of the molecule is COc1ccc([C@@H]2CN(C(=O)CS)C[C@@]2(C)[C@@H](C)O)cc1OCC1CC1. The number of aliphatic hydroxyl groups excluding tert-OH is 1. The van der Waals surface area contributed by atoms with E-state index in [2.05, 4.69) is 12.6 Å². The minimum absolute atomic E-state index is 0.00132. The Hall–Kier alpha value is -1.40. The quantitative estimate of drug-likeness (QED) is 0.715.